The molecule has 1 heterocycles. The van der Waals surface area contributed by atoms with Gasteiger partial charge in [-0.2, -0.15) is 11.8 Å². The van der Waals surface area contributed by atoms with E-state index < -0.39 is 0 Å². The molecule has 1 aromatic rings. The number of halogens is 1. The summed E-state index contributed by atoms with van der Waals surface area (Å²) in [4.78, 5) is 0. The molecule has 0 saturated heterocycles. The van der Waals surface area contributed by atoms with Crippen LogP contribution in [0.4, 0.5) is 0 Å². The summed E-state index contributed by atoms with van der Waals surface area (Å²) in [7, 11) is 0. The van der Waals surface area contributed by atoms with E-state index in [2.05, 4.69) is 40.2 Å². The fourth-order valence-electron chi connectivity index (χ4n) is 2.24. The molecule has 2 atom stereocenters. The van der Waals surface area contributed by atoms with E-state index in [1.807, 2.05) is 17.8 Å². The van der Waals surface area contributed by atoms with E-state index in [1.54, 1.807) is 0 Å². The molecule has 90 valence electrons. The number of nitrogens with one attached hydrogen (secondary N) is 1. The maximum absolute atomic E-state index is 5.55. The monoisotopic (exact) mass is 351 g/mol. The van der Waals surface area contributed by atoms with Crippen molar-refractivity contribution in [3.05, 3.63) is 21.7 Å². The third kappa shape index (κ3) is 3.67. The van der Waals surface area contributed by atoms with Crippen molar-refractivity contribution in [2.75, 3.05) is 6.26 Å². The first-order chi connectivity index (χ1) is 7.78. The number of rotatable bonds is 4. The molecule has 16 heavy (non-hydrogen) atoms. The van der Waals surface area contributed by atoms with Crippen molar-refractivity contribution < 1.29 is 4.42 Å². The van der Waals surface area contributed by atoms with Crippen molar-refractivity contribution in [2.45, 2.75) is 43.5 Å². The molecule has 0 aromatic carbocycles. The van der Waals surface area contributed by atoms with Gasteiger partial charge in [-0.15, -0.1) is 0 Å². The Morgan fingerprint density at radius 1 is 1.50 bits per heavy atom. The molecule has 4 heteroatoms. The molecule has 0 bridgehead atoms. The first-order valence-electron chi connectivity index (χ1n) is 5.78. The molecule has 1 aromatic heterocycles. The van der Waals surface area contributed by atoms with Gasteiger partial charge in [0.1, 0.15) is 5.76 Å². The van der Waals surface area contributed by atoms with Crippen LogP contribution in [0.1, 0.15) is 31.4 Å². The van der Waals surface area contributed by atoms with Gasteiger partial charge < -0.3 is 9.73 Å². The number of thioether (sulfide) groups is 1. The van der Waals surface area contributed by atoms with Crippen LogP contribution in [-0.4, -0.2) is 17.5 Å². The van der Waals surface area contributed by atoms with Gasteiger partial charge in [-0.05, 0) is 60.2 Å². The summed E-state index contributed by atoms with van der Waals surface area (Å²) < 4.78 is 6.52. The summed E-state index contributed by atoms with van der Waals surface area (Å²) in [5.74, 6) is 1.05. The van der Waals surface area contributed by atoms with Crippen molar-refractivity contribution in [3.63, 3.8) is 0 Å². The van der Waals surface area contributed by atoms with Crippen LogP contribution in [0, 0.1) is 3.77 Å². The van der Waals surface area contributed by atoms with Crippen LogP contribution in [0.3, 0.4) is 0 Å². The highest BCUT2D eigenvalue weighted by atomic mass is 127. The molecule has 1 aliphatic carbocycles. The van der Waals surface area contributed by atoms with Crippen molar-refractivity contribution >= 4 is 34.4 Å². The minimum atomic E-state index is 0.675. The Hall–Kier alpha value is 0.320. The van der Waals surface area contributed by atoms with Crippen LogP contribution in [0.25, 0.3) is 0 Å². The van der Waals surface area contributed by atoms with Crippen LogP contribution in [0.15, 0.2) is 16.5 Å². The zero-order chi connectivity index (χ0) is 11.4. The predicted octanol–water partition coefficient (Wildman–Crippen LogP) is 3.65. The van der Waals surface area contributed by atoms with E-state index in [0.717, 1.165) is 21.3 Å². The van der Waals surface area contributed by atoms with Gasteiger partial charge in [0.05, 0.1) is 6.54 Å². The standard InChI is InChI=1S/C12H18INOS/c1-16-11-4-2-3-9(7-11)14-8-10-5-6-12(13)15-10/h5-6,9,11,14H,2-4,7-8H2,1H3. The van der Waals surface area contributed by atoms with Gasteiger partial charge in [0, 0.05) is 11.3 Å². The quantitative estimate of drug-likeness (QED) is 0.839. The molecule has 1 saturated carbocycles. The Balaban J connectivity index is 1.77. The van der Waals surface area contributed by atoms with E-state index in [0.29, 0.717) is 6.04 Å². The third-order valence-corrected chi connectivity index (χ3v) is 4.83. The fraction of sp³-hybridized carbons (Fsp3) is 0.667. The van der Waals surface area contributed by atoms with Gasteiger partial charge in [-0.25, -0.2) is 0 Å². The molecular weight excluding hydrogens is 333 g/mol. The molecule has 2 unspecified atom stereocenters. The van der Waals surface area contributed by atoms with Gasteiger partial charge in [-0.1, -0.05) is 6.42 Å². The highest BCUT2D eigenvalue weighted by Gasteiger charge is 2.20. The number of hydrogen-bond donors (Lipinski definition) is 1. The Morgan fingerprint density at radius 2 is 2.38 bits per heavy atom. The largest absolute Gasteiger partial charge is 0.454 e. The minimum absolute atomic E-state index is 0.675. The average Bonchev–Trinajstić information content (AvgIpc) is 2.73. The summed E-state index contributed by atoms with van der Waals surface area (Å²) in [6, 6.07) is 4.75. The number of furan rings is 1. The van der Waals surface area contributed by atoms with Crippen molar-refractivity contribution in [2.24, 2.45) is 0 Å². The van der Waals surface area contributed by atoms with E-state index >= 15 is 0 Å². The molecule has 1 fully saturated rings. The van der Waals surface area contributed by atoms with Gasteiger partial charge in [0.2, 0.25) is 0 Å². The van der Waals surface area contributed by atoms with Crippen molar-refractivity contribution in [1.82, 2.24) is 5.32 Å². The molecule has 2 rings (SSSR count). The van der Waals surface area contributed by atoms with Crippen LogP contribution in [-0.2, 0) is 6.54 Å². The van der Waals surface area contributed by atoms with E-state index in [9.17, 15) is 0 Å². The van der Waals surface area contributed by atoms with Gasteiger partial charge in [-0.3, -0.25) is 0 Å². The molecule has 2 nitrogen and oxygen atoms in total. The highest BCUT2D eigenvalue weighted by molar-refractivity contribution is 14.1. The molecule has 0 spiro atoms. The first-order valence-corrected chi connectivity index (χ1v) is 8.15. The second kappa shape index (κ2) is 6.31. The predicted molar refractivity (Wildman–Crippen MR) is 77.8 cm³/mol. The summed E-state index contributed by atoms with van der Waals surface area (Å²) in [5, 5.41) is 4.46. The smallest absolute Gasteiger partial charge is 0.164 e. The van der Waals surface area contributed by atoms with Crippen molar-refractivity contribution in [1.29, 1.82) is 0 Å². The van der Waals surface area contributed by atoms with E-state index in [1.165, 1.54) is 25.7 Å². The second-order valence-corrected chi connectivity index (χ2v) is 6.51. The summed E-state index contributed by atoms with van der Waals surface area (Å²) in [6.07, 6.45) is 7.59. The summed E-state index contributed by atoms with van der Waals surface area (Å²) >= 11 is 4.22. The molecule has 1 N–H and O–H groups in total. The van der Waals surface area contributed by atoms with Gasteiger partial charge in [0.15, 0.2) is 3.77 Å². The Bertz CT molecular complexity index is 329. The molecule has 0 amide bonds. The van der Waals surface area contributed by atoms with Crippen LogP contribution >= 0.6 is 34.4 Å². The lowest BCUT2D eigenvalue weighted by molar-refractivity contribution is 0.360. The molecule has 0 aliphatic heterocycles. The maximum atomic E-state index is 5.55. The lowest BCUT2D eigenvalue weighted by atomic mass is 9.95. The lowest BCUT2D eigenvalue weighted by Gasteiger charge is -2.28. The Kier molecular flexibility index (Phi) is 5.03. The summed E-state index contributed by atoms with van der Waals surface area (Å²) in [6.45, 7) is 0.870. The van der Waals surface area contributed by atoms with Crippen LogP contribution in [0.5, 0.6) is 0 Å². The van der Waals surface area contributed by atoms with Crippen molar-refractivity contribution in [3.8, 4) is 0 Å². The first kappa shape index (κ1) is 12.8. The Labute approximate surface area is 115 Å². The zero-order valence-corrected chi connectivity index (χ0v) is 12.5. The second-order valence-electron chi connectivity index (χ2n) is 4.31. The van der Waals surface area contributed by atoms with E-state index in [-0.39, 0.29) is 0 Å². The third-order valence-electron chi connectivity index (χ3n) is 3.15. The van der Waals surface area contributed by atoms with Crippen LogP contribution < -0.4 is 5.32 Å². The molecular formula is C12H18INOS. The Morgan fingerprint density at radius 3 is 3.06 bits per heavy atom. The molecule has 0 radical (unpaired) electrons. The minimum Gasteiger partial charge on any atom is -0.454 e. The van der Waals surface area contributed by atoms with Gasteiger partial charge in [0.25, 0.3) is 0 Å². The maximum Gasteiger partial charge on any atom is 0.164 e. The zero-order valence-electron chi connectivity index (χ0n) is 9.54. The normalized spacial score (nSPS) is 25.9. The van der Waals surface area contributed by atoms with E-state index in [4.69, 9.17) is 4.42 Å². The molecule has 1 aliphatic rings. The average molecular weight is 351 g/mol. The van der Waals surface area contributed by atoms with Crippen LogP contribution in [0.2, 0.25) is 0 Å². The SMILES string of the molecule is CSC1CCCC(NCc2ccc(I)o2)C1. The topological polar surface area (TPSA) is 25.2 Å². The van der Waals surface area contributed by atoms with Gasteiger partial charge >= 0.3 is 0 Å². The highest BCUT2D eigenvalue weighted by Crippen LogP contribution is 2.27. The summed E-state index contributed by atoms with van der Waals surface area (Å²) in [5.41, 5.74) is 0. The lowest BCUT2D eigenvalue weighted by Crippen LogP contribution is -2.34. The number of hydrogen-bond acceptors (Lipinski definition) is 3. The fourth-order valence-corrected chi connectivity index (χ4v) is 3.53.